The Labute approximate surface area is 136 Å². The first kappa shape index (κ1) is 15.3. The van der Waals surface area contributed by atoms with E-state index in [1.807, 2.05) is 11.8 Å². The van der Waals surface area contributed by atoms with Crippen LogP contribution in [0.2, 0.25) is 0 Å². The van der Waals surface area contributed by atoms with E-state index in [0.717, 1.165) is 25.0 Å². The van der Waals surface area contributed by atoms with Gasteiger partial charge in [-0.05, 0) is 54.4 Å². The molecule has 3 rings (SSSR count). The third kappa shape index (κ3) is 2.72. The Balaban J connectivity index is 1.89. The maximum absolute atomic E-state index is 5.66. The summed E-state index contributed by atoms with van der Waals surface area (Å²) >= 11 is 1.94. The molecule has 0 spiro atoms. The van der Waals surface area contributed by atoms with E-state index in [2.05, 4.69) is 36.6 Å². The van der Waals surface area contributed by atoms with E-state index < -0.39 is 0 Å². The fourth-order valence-corrected chi connectivity index (χ4v) is 4.27. The largest absolute Gasteiger partial charge is 0.497 e. The number of allylic oxidation sites excluding steroid dienone is 2. The molecule has 0 amide bonds. The molecule has 22 heavy (non-hydrogen) atoms. The van der Waals surface area contributed by atoms with Gasteiger partial charge >= 0.3 is 0 Å². The quantitative estimate of drug-likeness (QED) is 0.829. The zero-order chi connectivity index (χ0) is 15.6. The van der Waals surface area contributed by atoms with Crippen LogP contribution in [0.3, 0.4) is 0 Å². The first-order valence-corrected chi connectivity index (χ1v) is 8.72. The van der Waals surface area contributed by atoms with Gasteiger partial charge in [0.1, 0.15) is 12.4 Å². The molecule has 1 aliphatic heterocycles. The number of thioether (sulfide) groups is 1. The van der Waals surface area contributed by atoms with Gasteiger partial charge in [-0.1, -0.05) is 12.1 Å². The summed E-state index contributed by atoms with van der Waals surface area (Å²) in [4.78, 5) is 0. The zero-order valence-corrected chi connectivity index (χ0v) is 14.2. The van der Waals surface area contributed by atoms with E-state index in [-0.39, 0.29) is 4.75 Å². The van der Waals surface area contributed by atoms with Crippen molar-refractivity contribution >= 4 is 11.8 Å². The van der Waals surface area contributed by atoms with Crippen molar-refractivity contribution in [2.75, 3.05) is 27.1 Å². The monoisotopic (exact) mass is 318 g/mol. The predicted octanol–water partition coefficient (Wildman–Crippen LogP) is 4.25. The van der Waals surface area contributed by atoms with Crippen LogP contribution in [0, 0.1) is 0 Å². The van der Waals surface area contributed by atoms with Crippen molar-refractivity contribution in [3.8, 4) is 5.75 Å². The predicted molar refractivity (Wildman–Crippen MR) is 90.1 cm³/mol. The molecule has 0 fully saturated rings. The van der Waals surface area contributed by atoms with Crippen molar-refractivity contribution in [1.82, 2.24) is 0 Å². The number of benzene rings is 1. The lowest BCUT2D eigenvalue weighted by atomic mass is 9.79. The molecule has 1 aromatic rings. The lowest BCUT2D eigenvalue weighted by Crippen LogP contribution is -2.29. The Kier molecular flexibility index (Phi) is 4.39. The zero-order valence-electron chi connectivity index (χ0n) is 13.3. The van der Waals surface area contributed by atoms with Gasteiger partial charge in [-0.15, -0.1) is 0 Å². The molecule has 1 unspecified atom stereocenters. The summed E-state index contributed by atoms with van der Waals surface area (Å²) in [6.45, 7) is 0.646. The number of ether oxygens (including phenoxy) is 3. The van der Waals surface area contributed by atoms with E-state index >= 15 is 0 Å². The third-order valence-corrected chi connectivity index (χ3v) is 6.01. The number of hydrogen-bond donors (Lipinski definition) is 0. The molecule has 1 atom stereocenters. The molecule has 1 aliphatic carbocycles. The number of hydrogen-bond acceptors (Lipinski definition) is 4. The smallest absolute Gasteiger partial charge is 0.279 e. The molecular formula is C18H22O3S. The van der Waals surface area contributed by atoms with Gasteiger partial charge in [0.05, 0.1) is 14.2 Å². The fourth-order valence-electron chi connectivity index (χ4n) is 3.27. The molecule has 4 heteroatoms. The van der Waals surface area contributed by atoms with Gasteiger partial charge in [-0.2, -0.15) is 11.8 Å². The molecule has 1 aromatic carbocycles. The van der Waals surface area contributed by atoms with E-state index in [1.165, 1.54) is 16.7 Å². The molecule has 0 bridgehead atoms. The van der Waals surface area contributed by atoms with Crippen molar-refractivity contribution in [3.63, 3.8) is 0 Å². The Morgan fingerprint density at radius 1 is 1.14 bits per heavy atom. The van der Waals surface area contributed by atoms with Crippen LogP contribution in [-0.2, 0) is 14.2 Å². The molecule has 3 nitrogen and oxygen atoms in total. The van der Waals surface area contributed by atoms with Crippen molar-refractivity contribution in [2.45, 2.75) is 24.0 Å². The molecule has 0 aromatic heterocycles. The standard InChI is InChI=1S/C18H22O3S/c1-19-16-6-4-15(5-7-16)18(22-3)9-8-13-10-17(20-2)21-12-14(13)11-18/h4-7,10H,8-9,11-12H2,1-3H3. The van der Waals surface area contributed by atoms with Gasteiger partial charge in [-0.3, -0.25) is 0 Å². The van der Waals surface area contributed by atoms with E-state index in [0.29, 0.717) is 12.6 Å². The molecule has 1 heterocycles. The van der Waals surface area contributed by atoms with Gasteiger partial charge < -0.3 is 14.2 Å². The maximum atomic E-state index is 5.66. The average molecular weight is 318 g/mol. The van der Waals surface area contributed by atoms with Crippen LogP contribution < -0.4 is 4.74 Å². The second-order valence-electron chi connectivity index (χ2n) is 5.69. The second kappa shape index (κ2) is 6.29. The highest BCUT2D eigenvalue weighted by molar-refractivity contribution is 7.99. The van der Waals surface area contributed by atoms with E-state index in [1.54, 1.807) is 14.2 Å². The molecule has 0 N–H and O–H groups in total. The minimum Gasteiger partial charge on any atom is -0.497 e. The summed E-state index contributed by atoms with van der Waals surface area (Å²) in [6.07, 6.45) is 7.49. The molecule has 0 radical (unpaired) electrons. The highest BCUT2D eigenvalue weighted by Gasteiger charge is 2.37. The Morgan fingerprint density at radius 3 is 2.55 bits per heavy atom. The van der Waals surface area contributed by atoms with Crippen molar-refractivity contribution < 1.29 is 14.2 Å². The van der Waals surface area contributed by atoms with Crippen molar-refractivity contribution in [1.29, 1.82) is 0 Å². The summed E-state index contributed by atoms with van der Waals surface area (Å²) in [5, 5.41) is 0. The molecule has 0 saturated heterocycles. The lowest BCUT2D eigenvalue weighted by Gasteiger charge is -2.39. The van der Waals surface area contributed by atoms with Gasteiger partial charge in [-0.25, -0.2) is 0 Å². The van der Waals surface area contributed by atoms with Crippen molar-refractivity contribution in [3.05, 3.63) is 53.0 Å². The minimum atomic E-state index is 0.132. The van der Waals surface area contributed by atoms with Crippen LogP contribution in [0.1, 0.15) is 24.8 Å². The van der Waals surface area contributed by atoms with Gasteiger partial charge in [0.25, 0.3) is 5.95 Å². The summed E-state index contributed by atoms with van der Waals surface area (Å²) < 4.78 is 16.3. The highest BCUT2D eigenvalue weighted by atomic mass is 32.2. The van der Waals surface area contributed by atoms with E-state index in [9.17, 15) is 0 Å². The Morgan fingerprint density at radius 2 is 1.91 bits per heavy atom. The highest BCUT2D eigenvalue weighted by Crippen LogP contribution is 2.50. The first-order chi connectivity index (χ1) is 10.7. The molecule has 0 saturated carbocycles. The van der Waals surface area contributed by atoms with E-state index in [4.69, 9.17) is 14.2 Å². The number of rotatable bonds is 4. The summed E-state index contributed by atoms with van der Waals surface area (Å²) in [5.41, 5.74) is 4.16. The van der Waals surface area contributed by atoms with Crippen LogP contribution in [-0.4, -0.2) is 27.1 Å². The van der Waals surface area contributed by atoms with Gasteiger partial charge in [0.15, 0.2) is 0 Å². The first-order valence-electron chi connectivity index (χ1n) is 7.50. The van der Waals surface area contributed by atoms with Crippen LogP contribution in [0.5, 0.6) is 5.75 Å². The van der Waals surface area contributed by atoms with Crippen LogP contribution in [0.15, 0.2) is 47.4 Å². The summed E-state index contributed by atoms with van der Waals surface area (Å²) in [6, 6.07) is 8.50. The van der Waals surface area contributed by atoms with Gasteiger partial charge in [0, 0.05) is 10.8 Å². The van der Waals surface area contributed by atoms with Crippen LogP contribution in [0.4, 0.5) is 0 Å². The van der Waals surface area contributed by atoms with Crippen molar-refractivity contribution in [2.24, 2.45) is 0 Å². The summed E-state index contributed by atoms with van der Waals surface area (Å²) in [5.74, 6) is 1.55. The lowest BCUT2D eigenvalue weighted by molar-refractivity contribution is 0.0666. The fraction of sp³-hybridized carbons (Fsp3) is 0.444. The topological polar surface area (TPSA) is 27.7 Å². The van der Waals surface area contributed by atoms with Crippen LogP contribution >= 0.6 is 11.8 Å². The normalized spacial score (nSPS) is 24.2. The second-order valence-corrected chi connectivity index (χ2v) is 6.88. The third-order valence-electron chi connectivity index (χ3n) is 4.64. The molecular weight excluding hydrogens is 296 g/mol. The maximum Gasteiger partial charge on any atom is 0.279 e. The Hall–Kier alpha value is -1.55. The molecule has 2 aliphatic rings. The Bertz CT molecular complexity index is 603. The average Bonchev–Trinajstić information content (AvgIpc) is 2.60. The van der Waals surface area contributed by atoms with Gasteiger partial charge in [0.2, 0.25) is 0 Å². The molecule has 118 valence electrons. The number of methoxy groups -OCH3 is 2. The minimum absolute atomic E-state index is 0.132. The summed E-state index contributed by atoms with van der Waals surface area (Å²) in [7, 11) is 3.36. The van der Waals surface area contributed by atoms with Crippen LogP contribution in [0.25, 0.3) is 0 Å². The SMILES string of the molecule is COC1=CC2=C(CO1)CC(SC)(c1ccc(OC)cc1)CC2.